The van der Waals surface area contributed by atoms with Crippen LogP contribution in [0.3, 0.4) is 0 Å². The Bertz CT molecular complexity index is 1160. The molecule has 1 atom stereocenters. The van der Waals surface area contributed by atoms with Crippen LogP contribution in [0.5, 0.6) is 0 Å². The fourth-order valence-electron chi connectivity index (χ4n) is 2.98. The lowest BCUT2D eigenvalue weighted by atomic mass is 10.1. The number of thioether (sulfide) groups is 1. The monoisotopic (exact) mass is 476 g/mol. The van der Waals surface area contributed by atoms with Crippen LogP contribution in [0.15, 0.2) is 64.6 Å². The predicted octanol–water partition coefficient (Wildman–Crippen LogP) is 4.68. The Kier molecular flexibility index (Phi) is 7.35. The molecule has 6 nitrogen and oxygen atoms in total. The number of carboxylic acids is 1. The van der Waals surface area contributed by atoms with E-state index in [2.05, 4.69) is 9.97 Å². The van der Waals surface area contributed by atoms with Crippen molar-refractivity contribution in [3.05, 3.63) is 71.0 Å². The number of carboxylic acid groups (broad SMARTS) is 1. The summed E-state index contributed by atoms with van der Waals surface area (Å²) in [5.74, 6) is -2.70. The van der Waals surface area contributed by atoms with Gasteiger partial charge in [-0.2, -0.15) is 0 Å². The van der Waals surface area contributed by atoms with Gasteiger partial charge in [0.2, 0.25) is 0 Å². The van der Waals surface area contributed by atoms with Gasteiger partial charge in [-0.15, -0.1) is 0 Å². The van der Waals surface area contributed by atoms with Gasteiger partial charge in [0.25, 0.3) is 0 Å². The Morgan fingerprint density at radius 2 is 1.52 bits per heavy atom. The molecule has 3 aromatic rings. The Labute approximate surface area is 190 Å². The molecule has 9 heteroatoms. The number of sulfone groups is 1. The highest BCUT2D eigenvalue weighted by atomic mass is 35.5. The summed E-state index contributed by atoms with van der Waals surface area (Å²) in [4.78, 5) is 20.3. The molecule has 1 heterocycles. The summed E-state index contributed by atoms with van der Waals surface area (Å²) in [7, 11) is -3.79. The molecule has 0 saturated heterocycles. The number of benzene rings is 2. The van der Waals surface area contributed by atoms with Crippen molar-refractivity contribution in [3.63, 3.8) is 0 Å². The van der Waals surface area contributed by atoms with E-state index in [-0.39, 0.29) is 10.6 Å². The van der Waals surface area contributed by atoms with Crippen molar-refractivity contribution < 1.29 is 18.3 Å². The number of halogens is 1. The average Bonchev–Trinajstić information content (AvgIpc) is 2.71. The molecule has 1 aromatic heterocycles. The Morgan fingerprint density at radius 1 is 1.00 bits per heavy atom. The van der Waals surface area contributed by atoms with Gasteiger partial charge in [0.1, 0.15) is 0 Å². The maximum absolute atomic E-state index is 12.8. The topological polar surface area (TPSA) is 97.2 Å². The number of aliphatic carboxylic acids is 1. The molecular weight excluding hydrogens is 456 g/mol. The lowest BCUT2D eigenvalue weighted by molar-refractivity contribution is -0.140. The molecule has 0 saturated carbocycles. The first-order chi connectivity index (χ1) is 14.6. The molecule has 162 valence electrons. The Morgan fingerprint density at radius 3 is 2.03 bits per heavy atom. The highest BCUT2D eigenvalue weighted by Gasteiger charge is 2.27. The molecule has 0 fully saturated rings. The molecule has 0 bridgehead atoms. The Hall–Kier alpha value is -2.42. The summed E-state index contributed by atoms with van der Waals surface area (Å²) in [6, 6.07) is 15.4. The van der Waals surface area contributed by atoms with Crippen molar-refractivity contribution in [1.29, 1.82) is 0 Å². The quantitative estimate of drug-likeness (QED) is 0.372. The predicted molar refractivity (Wildman–Crippen MR) is 122 cm³/mol. The first-order valence-corrected chi connectivity index (χ1v) is 12.4. The van der Waals surface area contributed by atoms with E-state index in [1.165, 1.54) is 12.1 Å². The normalized spacial score (nSPS) is 12.5. The zero-order valence-corrected chi connectivity index (χ0v) is 19.3. The minimum Gasteiger partial charge on any atom is -0.481 e. The SMILES string of the molecule is Cc1cc(C)nc(SC[C@H](CS(=O)(=O)c2ccc(-c3ccc(Cl)cc3)cc2)C(=O)O)n1. The molecular formula is C22H21ClN2O4S2. The van der Waals surface area contributed by atoms with Gasteiger partial charge < -0.3 is 5.11 Å². The second kappa shape index (κ2) is 9.80. The number of aryl methyl sites for hydroxylation is 2. The van der Waals surface area contributed by atoms with E-state index in [4.69, 9.17) is 11.6 Å². The second-order valence-electron chi connectivity index (χ2n) is 7.09. The van der Waals surface area contributed by atoms with Crippen LogP contribution in [0.2, 0.25) is 5.02 Å². The number of aromatic nitrogens is 2. The third-order valence-electron chi connectivity index (χ3n) is 4.54. The lowest BCUT2D eigenvalue weighted by Gasteiger charge is -2.13. The van der Waals surface area contributed by atoms with E-state index in [1.54, 1.807) is 24.3 Å². The fourth-order valence-corrected chi connectivity index (χ4v) is 5.82. The molecule has 1 N–H and O–H groups in total. The van der Waals surface area contributed by atoms with E-state index >= 15 is 0 Å². The van der Waals surface area contributed by atoms with Gasteiger partial charge >= 0.3 is 5.97 Å². The molecule has 0 aliphatic heterocycles. The molecule has 0 aliphatic carbocycles. The second-order valence-corrected chi connectivity index (χ2v) is 10.5. The number of rotatable bonds is 8. The van der Waals surface area contributed by atoms with Crippen molar-refractivity contribution >= 4 is 39.2 Å². The summed E-state index contributed by atoms with van der Waals surface area (Å²) < 4.78 is 25.7. The van der Waals surface area contributed by atoms with Crippen LogP contribution < -0.4 is 0 Å². The fraction of sp³-hybridized carbons (Fsp3) is 0.227. The van der Waals surface area contributed by atoms with Crippen LogP contribution in [0.1, 0.15) is 11.4 Å². The van der Waals surface area contributed by atoms with E-state index in [1.807, 2.05) is 32.0 Å². The van der Waals surface area contributed by atoms with Gasteiger partial charge in [-0.05, 0) is 55.3 Å². The molecule has 2 aromatic carbocycles. The molecule has 0 spiro atoms. The number of nitrogens with zero attached hydrogens (tertiary/aromatic N) is 2. The highest BCUT2D eigenvalue weighted by Crippen LogP contribution is 2.25. The van der Waals surface area contributed by atoms with Crippen LogP contribution >= 0.6 is 23.4 Å². The van der Waals surface area contributed by atoms with E-state index in [9.17, 15) is 18.3 Å². The standard InChI is InChI=1S/C22H21ClN2O4S2/c1-14-11-15(2)25-22(24-14)30-12-18(21(26)27)13-31(28,29)20-9-5-17(6-10-20)16-3-7-19(23)8-4-16/h3-11,18H,12-13H2,1-2H3,(H,26,27)/t18-/m1/s1. The van der Waals surface area contributed by atoms with Crippen molar-refractivity contribution in [2.45, 2.75) is 23.9 Å². The molecule has 0 unspecified atom stereocenters. The highest BCUT2D eigenvalue weighted by molar-refractivity contribution is 7.99. The third kappa shape index (κ3) is 6.29. The average molecular weight is 477 g/mol. The van der Waals surface area contributed by atoms with Gasteiger partial charge in [0.15, 0.2) is 15.0 Å². The summed E-state index contributed by atoms with van der Waals surface area (Å²) in [6.07, 6.45) is 0. The van der Waals surface area contributed by atoms with Gasteiger partial charge in [-0.25, -0.2) is 18.4 Å². The van der Waals surface area contributed by atoms with Crippen LogP contribution in [0.25, 0.3) is 11.1 Å². The van der Waals surface area contributed by atoms with Crippen LogP contribution in [0.4, 0.5) is 0 Å². The first kappa shape index (κ1) is 23.2. The molecule has 0 aliphatic rings. The third-order valence-corrected chi connectivity index (χ3v) is 7.63. The molecule has 31 heavy (non-hydrogen) atoms. The summed E-state index contributed by atoms with van der Waals surface area (Å²) in [6.45, 7) is 3.65. The Balaban J connectivity index is 1.73. The summed E-state index contributed by atoms with van der Waals surface area (Å²) >= 11 is 7.05. The molecule has 0 radical (unpaired) electrons. The van der Waals surface area contributed by atoms with Gasteiger partial charge in [0, 0.05) is 22.2 Å². The maximum Gasteiger partial charge on any atom is 0.308 e. The number of carbonyl (C=O) groups is 1. The van der Waals surface area contributed by atoms with E-state index in [0.717, 1.165) is 34.3 Å². The van der Waals surface area contributed by atoms with Gasteiger partial charge in [0.05, 0.1) is 16.6 Å². The minimum absolute atomic E-state index is 0.0559. The maximum atomic E-state index is 12.8. The van der Waals surface area contributed by atoms with Crippen molar-refractivity contribution in [1.82, 2.24) is 9.97 Å². The van der Waals surface area contributed by atoms with Crippen molar-refractivity contribution in [3.8, 4) is 11.1 Å². The lowest BCUT2D eigenvalue weighted by Crippen LogP contribution is -2.26. The molecule has 0 amide bonds. The minimum atomic E-state index is -3.79. The van der Waals surface area contributed by atoms with Crippen molar-refractivity contribution in [2.24, 2.45) is 5.92 Å². The largest absolute Gasteiger partial charge is 0.481 e. The zero-order valence-electron chi connectivity index (χ0n) is 16.9. The van der Waals surface area contributed by atoms with Crippen LogP contribution in [-0.2, 0) is 14.6 Å². The van der Waals surface area contributed by atoms with Crippen molar-refractivity contribution in [2.75, 3.05) is 11.5 Å². The van der Waals surface area contributed by atoms with E-state index in [0.29, 0.717) is 10.2 Å². The summed E-state index contributed by atoms with van der Waals surface area (Å²) in [5, 5.41) is 10.6. The van der Waals surface area contributed by atoms with Crippen LogP contribution in [-0.4, -0.2) is 41.0 Å². The van der Waals surface area contributed by atoms with Crippen LogP contribution in [0, 0.1) is 19.8 Å². The van der Waals surface area contributed by atoms with Gasteiger partial charge in [-0.1, -0.05) is 47.6 Å². The van der Waals surface area contributed by atoms with Gasteiger partial charge in [-0.3, -0.25) is 4.79 Å². The smallest absolute Gasteiger partial charge is 0.308 e. The zero-order chi connectivity index (χ0) is 22.6. The number of hydrogen-bond acceptors (Lipinski definition) is 6. The summed E-state index contributed by atoms with van der Waals surface area (Å²) in [5.41, 5.74) is 3.29. The van der Waals surface area contributed by atoms with E-state index < -0.39 is 27.5 Å². The first-order valence-electron chi connectivity index (χ1n) is 9.41. The number of hydrogen-bond donors (Lipinski definition) is 1. The molecule has 3 rings (SSSR count).